The van der Waals surface area contributed by atoms with Crippen LogP contribution in [0.4, 0.5) is 0 Å². The zero-order valence-electron chi connectivity index (χ0n) is 11.2. The molecule has 94 valence electrons. The van der Waals surface area contributed by atoms with Gasteiger partial charge in [-0.2, -0.15) is 0 Å². The lowest BCUT2D eigenvalue weighted by molar-refractivity contribution is 0.381. The van der Waals surface area contributed by atoms with Crippen LogP contribution < -0.4 is 5.73 Å². The van der Waals surface area contributed by atoms with Gasteiger partial charge in [-0.05, 0) is 43.7 Å². The predicted molar refractivity (Wildman–Crippen MR) is 74.0 cm³/mol. The van der Waals surface area contributed by atoms with Gasteiger partial charge in [0.2, 0.25) is 0 Å². The second kappa shape index (κ2) is 5.68. The average molecular weight is 231 g/mol. The minimum atomic E-state index is 0.244. The number of benzene rings is 1. The molecule has 1 aromatic carbocycles. The van der Waals surface area contributed by atoms with Crippen LogP contribution in [0.5, 0.6) is 0 Å². The number of rotatable bonds is 2. The summed E-state index contributed by atoms with van der Waals surface area (Å²) in [6, 6.07) is 6.91. The van der Waals surface area contributed by atoms with Crippen LogP contribution >= 0.6 is 0 Å². The summed E-state index contributed by atoms with van der Waals surface area (Å²) in [5.41, 5.74) is 10.6. The van der Waals surface area contributed by atoms with Crippen molar-refractivity contribution in [2.75, 3.05) is 0 Å². The molecule has 0 spiro atoms. The fourth-order valence-corrected chi connectivity index (χ4v) is 3.04. The van der Waals surface area contributed by atoms with E-state index in [-0.39, 0.29) is 6.04 Å². The molecule has 2 N–H and O–H groups in total. The monoisotopic (exact) mass is 231 g/mol. The fraction of sp³-hybridized carbons (Fsp3) is 0.625. The van der Waals surface area contributed by atoms with Crippen molar-refractivity contribution in [3.05, 3.63) is 34.9 Å². The predicted octanol–water partition coefficient (Wildman–Crippen LogP) is 4.27. The lowest BCUT2D eigenvalue weighted by Crippen LogP contribution is -2.22. The molecule has 1 nitrogen and oxygen atoms in total. The van der Waals surface area contributed by atoms with Crippen molar-refractivity contribution in [3.63, 3.8) is 0 Å². The Hall–Kier alpha value is -0.820. The van der Waals surface area contributed by atoms with Gasteiger partial charge >= 0.3 is 0 Å². The van der Waals surface area contributed by atoms with Gasteiger partial charge in [0.05, 0.1) is 0 Å². The summed E-state index contributed by atoms with van der Waals surface area (Å²) in [6.45, 7) is 4.34. The van der Waals surface area contributed by atoms with Crippen molar-refractivity contribution in [3.8, 4) is 0 Å². The third-order valence-electron chi connectivity index (χ3n) is 4.20. The SMILES string of the molecule is Cc1ccc(C)c(C(N)C2CCCCCC2)c1. The molecule has 0 radical (unpaired) electrons. The average Bonchev–Trinajstić information content (AvgIpc) is 2.60. The van der Waals surface area contributed by atoms with Crippen LogP contribution in [0, 0.1) is 19.8 Å². The molecule has 1 fully saturated rings. The molecule has 0 saturated heterocycles. The van der Waals surface area contributed by atoms with Gasteiger partial charge in [0.15, 0.2) is 0 Å². The van der Waals surface area contributed by atoms with E-state index in [1.165, 1.54) is 55.2 Å². The number of aryl methyl sites for hydroxylation is 2. The lowest BCUT2D eigenvalue weighted by atomic mass is 9.85. The topological polar surface area (TPSA) is 26.0 Å². The molecule has 1 aliphatic carbocycles. The van der Waals surface area contributed by atoms with Crippen molar-refractivity contribution in [1.29, 1.82) is 0 Å². The van der Waals surface area contributed by atoms with E-state index in [1.807, 2.05) is 0 Å². The first-order valence-electron chi connectivity index (χ1n) is 7.01. The quantitative estimate of drug-likeness (QED) is 0.756. The van der Waals surface area contributed by atoms with Crippen molar-refractivity contribution < 1.29 is 0 Å². The van der Waals surface area contributed by atoms with E-state index in [0.29, 0.717) is 5.92 Å². The Kier molecular flexibility index (Phi) is 4.22. The molecular weight excluding hydrogens is 206 g/mol. The highest BCUT2D eigenvalue weighted by Crippen LogP contribution is 2.33. The summed E-state index contributed by atoms with van der Waals surface area (Å²) in [5.74, 6) is 0.693. The van der Waals surface area contributed by atoms with Crippen LogP contribution in [-0.4, -0.2) is 0 Å². The zero-order chi connectivity index (χ0) is 12.3. The highest BCUT2D eigenvalue weighted by Gasteiger charge is 2.21. The lowest BCUT2D eigenvalue weighted by Gasteiger charge is -2.24. The van der Waals surface area contributed by atoms with Crippen LogP contribution in [0.2, 0.25) is 0 Å². The van der Waals surface area contributed by atoms with Gasteiger partial charge in [-0.15, -0.1) is 0 Å². The number of hydrogen-bond donors (Lipinski definition) is 1. The smallest absolute Gasteiger partial charge is 0.0326 e. The van der Waals surface area contributed by atoms with Crippen molar-refractivity contribution >= 4 is 0 Å². The molecule has 0 aliphatic heterocycles. The molecule has 1 aliphatic rings. The Balaban J connectivity index is 2.16. The molecular formula is C16H25N. The van der Waals surface area contributed by atoms with E-state index in [2.05, 4.69) is 32.0 Å². The molecule has 1 aromatic rings. The minimum absolute atomic E-state index is 0.244. The van der Waals surface area contributed by atoms with Crippen molar-refractivity contribution in [2.45, 2.75) is 58.4 Å². The van der Waals surface area contributed by atoms with Crippen LogP contribution in [0.3, 0.4) is 0 Å². The molecule has 1 heteroatoms. The Morgan fingerprint density at radius 2 is 1.71 bits per heavy atom. The standard InChI is InChI=1S/C16H25N/c1-12-9-10-13(2)15(11-12)16(17)14-7-5-3-4-6-8-14/h9-11,14,16H,3-8,17H2,1-2H3. The molecule has 1 unspecified atom stereocenters. The summed E-state index contributed by atoms with van der Waals surface area (Å²) in [6.07, 6.45) is 8.15. The first kappa shape index (κ1) is 12.6. The molecule has 0 bridgehead atoms. The van der Waals surface area contributed by atoms with Crippen LogP contribution in [-0.2, 0) is 0 Å². The molecule has 0 amide bonds. The maximum atomic E-state index is 6.51. The first-order chi connectivity index (χ1) is 8.18. The molecule has 17 heavy (non-hydrogen) atoms. The maximum Gasteiger partial charge on any atom is 0.0326 e. The van der Waals surface area contributed by atoms with Gasteiger partial charge in [0, 0.05) is 6.04 Å². The van der Waals surface area contributed by atoms with E-state index >= 15 is 0 Å². The van der Waals surface area contributed by atoms with Gasteiger partial charge in [0.25, 0.3) is 0 Å². The molecule has 1 saturated carbocycles. The summed E-state index contributed by atoms with van der Waals surface area (Å²) in [4.78, 5) is 0. The molecule has 2 rings (SSSR count). The Morgan fingerprint density at radius 1 is 1.06 bits per heavy atom. The second-order valence-corrected chi connectivity index (χ2v) is 5.64. The fourth-order valence-electron chi connectivity index (χ4n) is 3.04. The largest absolute Gasteiger partial charge is 0.324 e. The molecule has 1 atom stereocenters. The van der Waals surface area contributed by atoms with E-state index < -0.39 is 0 Å². The third kappa shape index (κ3) is 3.10. The zero-order valence-corrected chi connectivity index (χ0v) is 11.2. The second-order valence-electron chi connectivity index (χ2n) is 5.64. The Morgan fingerprint density at radius 3 is 2.35 bits per heavy atom. The van der Waals surface area contributed by atoms with E-state index in [9.17, 15) is 0 Å². The normalized spacial score (nSPS) is 19.9. The van der Waals surface area contributed by atoms with Gasteiger partial charge < -0.3 is 5.73 Å². The Labute approximate surface area is 105 Å². The van der Waals surface area contributed by atoms with Crippen molar-refractivity contribution in [2.24, 2.45) is 11.7 Å². The summed E-state index contributed by atoms with van der Waals surface area (Å²) >= 11 is 0. The molecule has 0 heterocycles. The van der Waals surface area contributed by atoms with Gasteiger partial charge in [0.1, 0.15) is 0 Å². The number of nitrogens with two attached hydrogens (primary N) is 1. The van der Waals surface area contributed by atoms with Crippen LogP contribution in [0.1, 0.15) is 61.3 Å². The van der Waals surface area contributed by atoms with Crippen LogP contribution in [0.25, 0.3) is 0 Å². The summed E-state index contributed by atoms with van der Waals surface area (Å²) in [7, 11) is 0. The van der Waals surface area contributed by atoms with E-state index in [1.54, 1.807) is 0 Å². The maximum absolute atomic E-state index is 6.51. The van der Waals surface area contributed by atoms with Gasteiger partial charge in [-0.25, -0.2) is 0 Å². The Bertz CT molecular complexity index is 362. The van der Waals surface area contributed by atoms with Gasteiger partial charge in [-0.1, -0.05) is 49.4 Å². The summed E-state index contributed by atoms with van der Waals surface area (Å²) in [5, 5.41) is 0. The third-order valence-corrected chi connectivity index (χ3v) is 4.20. The highest BCUT2D eigenvalue weighted by molar-refractivity contribution is 5.33. The minimum Gasteiger partial charge on any atom is -0.324 e. The van der Waals surface area contributed by atoms with Crippen LogP contribution in [0.15, 0.2) is 18.2 Å². The van der Waals surface area contributed by atoms with E-state index in [4.69, 9.17) is 5.73 Å². The molecule has 0 aromatic heterocycles. The first-order valence-corrected chi connectivity index (χ1v) is 7.01. The van der Waals surface area contributed by atoms with Crippen molar-refractivity contribution in [1.82, 2.24) is 0 Å². The van der Waals surface area contributed by atoms with Gasteiger partial charge in [-0.3, -0.25) is 0 Å². The number of hydrogen-bond acceptors (Lipinski definition) is 1. The summed E-state index contributed by atoms with van der Waals surface area (Å²) < 4.78 is 0. The highest BCUT2D eigenvalue weighted by atomic mass is 14.7. The van der Waals surface area contributed by atoms with E-state index in [0.717, 1.165) is 0 Å².